The second-order valence-corrected chi connectivity index (χ2v) is 12.9. The highest BCUT2D eigenvalue weighted by Gasteiger charge is 2.33. The minimum absolute atomic E-state index is 1.44. The molecular formula is C18H23NSi2. The lowest BCUT2D eigenvalue weighted by molar-refractivity contribution is 0.810. The van der Waals surface area contributed by atoms with Gasteiger partial charge in [0.05, 0.1) is 0 Å². The van der Waals surface area contributed by atoms with Gasteiger partial charge in [0.1, 0.15) is 0 Å². The summed E-state index contributed by atoms with van der Waals surface area (Å²) in [5, 5.41) is 2.88. The average molecular weight is 310 g/mol. The Kier molecular flexibility index (Phi) is 5.12. The fourth-order valence-electron chi connectivity index (χ4n) is 2.56. The number of nitrogens with zero attached hydrogens (tertiary/aromatic N) is 1. The van der Waals surface area contributed by atoms with Crippen LogP contribution in [-0.4, -0.2) is 28.5 Å². The van der Waals surface area contributed by atoms with Crippen LogP contribution in [0, 0.1) is 0 Å². The Labute approximate surface area is 131 Å². The SMILES string of the molecule is C=C[Si](C)(C=C)N(C)[SiH](c1ccccc1)c1ccccc1. The van der Waals surface area contributed by atoms with Gasteiger partial charge in [-0.15, -0.1) is 13.2 Å². The third-order valence-electron chi connectivity index (χ3n) is 4.20. The quantitative estimate of drug-likeness (QED) is 0.741. The van der Waals surface area contributed by atoms with Crippen LogP contribution in [0.4, 0.5) is 0 Å². The van der Waals surface area contributed by atoms with Crippen molar-refractivity contribution in [3.63, 3.8) is 0 Å². The fraction of sp³-hybridized carbons (Fsp3) is 0.111. The van der Waals surface area contributed by atoms with Crippen LogP contribution in [0.15, 0.2) is 85.2 Å². The lowest BCUT2D eigenvalue weighted by atomic mass is 10.4. The molecule has 0 bridgehead atoms. The van der Waals surface area contributed by atoms with E-state index in [0.29, 0.717) is 0 Å². The van der Waals surface area contributed by atoms with Gasteiger partial charge in [0, 0.05) is 0 Å². The Morgan fingerprint density at radius 3 is 1.57 bits per heavy atom. The molecule has 0 unspecified atom stereocenters. The third kappa shape index (κ3) is 3.32. The molecule has 0 saturated carbocycles. The first-order chi connectivity index (χ1) is 10.1. The number of rotatable bonds is 6. The van der Waals surface area contributed by atoms with Crippen LogP contribution in [0.25, 0.3) is 0 Å². The summed E-state index contributed by atoms with van der Waals surface area (Å²) in [5.74, 6) is 0. The lowest BCUT2D eigenvalue weighted by Crippen LogP contribution is -2.63. The van der Waals surface area contributed by atoms with Crippen molar-refractivity contribution in [2.24, 2.45) is 0 Å². The summed E-state index contributed by atoms with van der Waals surface area (Å²) in [7, 11) is -1.02. The Hall–Kier alpha value is -1.69. The molecule has 0 heterocycles. The van der Waals surface area contributed by atoms with Crippen LogP contribution >= 0.6 is 0 Å². The first kappa shape index (κ1) is 15.7. The molecule has 0 radical (unpaired) electrons. The molecule has 0 aliphatic carbocycles. The van der Waals surface area contributed by atoms with Gasteiger partial charge in [-0.25, -0.2) is 0 Å². The Bertz CT molecular complexity index is 548. The number of hydrogen-bond donors (Lipinski definition) is 0. The van der Waals surface area contributed by atoms with Gasteiger partial charge < -0.3 is 4.23 Å². The van der Waals surface area contributed by atoms with E-state index in [1.807, 2.05) is 0 Å². The van der Waals surface area contributed by atoms with Gasteiger partial charge in [-0.2, -0.15) is 0 Å². The zero-order valence-corrected chi connectivity index (χ0v) is 15.0. The van der Waals surface area contributed by atoms with E-state index in [2.05, 4.69) is 103 Å². The van der Waals surface area contributed by atoms with Gasteiger partial charge in [0.2, 0.25) is 0 Å². The van der Waals surface area contributed by atoms with Crippen molar-refractivity contribution in [1.29, 1.82) is 0 Å². The highest BCUT2D eigenvalue weighted by molar-refractivity contribution is 6.98. The van der Waals surface area contributed by atoms with Gasteiger partial charge >= 0.3 is 0 Å². The molecule has 0 aromatic heterocycles. The molecule has 0 aliphatic heterocycles. The molecule has 0 atom stereocenters. The predicted octanol–water partition coefficient (Wildman–Crippen LogP) is 2.48. The van der Waals surface area contributed by atoms with Crippen molar-refractivity contribution in [1.82, 2.24) is 4.23 Å². The highest BCUT2D eigenvalue weighted by atomic mass is 28.4. The topological polar surface area (TPSA) is 3.24 Å². The maximum Gasteiger partial charge on any atom is 0.169 e. The maximum absolute atomic E-state index is 4.07. The van der Waals surface area contributed by atoms with Crippen LogP contribution in [0.5, 0.6) is 0 Å². The summed E-state index contributed by atoms with van der Waals surface area (Å²) < 4.78 is 2.58. The first-order valence-electron chi connectivity index (χ1n) is 7.22. The normalized spacial score (nSPS) is 11.6. The third-order valence-corrected chi connectivity index (χ3v) is 12.6. The lowest BCUT2D eigenvalue weighted by Gasteiger charge is -2.38. The van der Waals surface area contributed by atoms with E-state index in [1.165, 1.54) is 10.4 Å². The monoisotopic (exact) mass is 309 g/mol. The molecule has 2 aromatic rings. The molecule has 108 valence electrons. The zero-order valence-electron chi connectivity index (χ0n) is 12.9. The van der Waals surface area contributed by atoms with Crippen LogP contribution in [-0.2, 0) is 0 Å². The molecule has 0 spiro atoms. The van der Waals surface area contributed by atoms with E-state index in [1.54, 1.807) is 0 Å². The van der Waals surface area contributed by atoms with Crippen LogP contribution in [0.3, 0.4) is 0 Å². The molecule has 0 saturated heterocycles. The molecule has 0 amide bonds. The summed E-state index contributed by atoms with van der Waals surface area (Å²) >= 11 is 0. The summed E-state index contributed by atoms with van der Waals surface area (Å²) in [5.41, 5.74) is 4.23. The molecule has 0 N–H and O–H groups in total. The van der Waals surface area contributed by atoms with E-state index in [9.17, 15) is 0 Å². The number of hydrogen-bond acceptors (Lipinski definition) is 1. The van der Waals surface area contributed by atoms with Crippen LogP contribution < -0.4 is 10.4 Å². The van der Waals surface area contributed by atoms with E-state index in [-0.39, 0.29) is 0 Å². The Morgan fingerprint density at radius 1 is 0.857 bits per heavy atom. The Balaban J connectivity index is 2.52. The van der Waals surface area contributed by atoms with Crippen LogP contribution in [0.1, 0.15) is 0 Å². The van der Waals surface area contributed by atoms with Gasteiger partial charge in [-0.05, 0) is 24.0 Å². The molecule has 2 aromatic carbocycles. The van der Waals surface area contributed by atoms with Crippen molar-refractivity contribution < 1.29 is 0 Å². The van der Waals surface area contributed by atoms with Crippen molar-refractivity contribution in [2.75, 3.05) is 7.05 Å². The maximum atomic E-state index is 4.07. The predicted molar refractivity (Wildman–Crippen MR) is 99.1 cm³/mol. The Morgan fingerprint density at radius 2 is 1.24 bits per heavy atom. The summed E-state index contributed by atoms with van der Waals surface area (Å²) in [6.45, 7) is 10.4. The van der Waals surface area contributed by atoms with E-state index in [4.69, 9.17) is 0 Å². The minimum Gasteiger partial charge on any atom is -0.337 e. The second-order valence-electron chi connectivity index (χ2n) is 5.47. The van der Waals surface area contributed by atoms with E-state index in [0.717, 1.165) is 0 Å². The van der Waals surface area contributed by atoms with Gasteiger partial charge in [0.15, 0.2) is 17.2 Å². The standard InChI is InChI=1S/C18H23NSi2/c1-5-21(4,6-2)19(3)20(17-13-9-7-10-14-17)18-15-11-8-12-16-18/h5-16,20H,1-2H2,3-4H3. The van der Waals surface area contributed by atoms with Crippen molar-refractivity contribution in [3.05, 3.63) is 85.2 Å². The molecule has 0 aliphatic rings. The van der Waals surface area contributed by atoms with E-state index < -0.39 is 17.2 Å². The largest absolute Gasteiger partial charge is 0.337 e. The molecule has 0 fully saturated rings. The fourth-order valence-corrected chi connectivity index (χ4v) is 9.51. The summed E-state index contributed by atoms with van der Waals surface area (Å²) in [4.78, 5) is 0. The molecular weight excluding hydrogens is 286 g/mol. The molecule has 21 heavy (non-hydrogen) atoms. The van der Waals surface area contributed by atoms with E-state index >= 15 is 0 Å². The highest BCUT2D eigenvalue weighted by Crippen LogP contribution is 2.13. The van der Waals surface area contributed by atoms with Crippen molar-refractivity contribution >= 4 is 27.6 Å². The number of benzene rings is 2. The summed E-state index contributed by atoms with van der Waals surface area (Å²) in [6.07, 6.45) is 0. The van der Waals surface area contributed by atoms with Crippen molar-refractivity contribution in [3.8, 4) is 0 Å². The first-order valence-corrected chi connectivity index (χ1v) is 11.5. The van der Waals surface area contributed by atoms with Crippen LogP contribution in [0.2, 0.25) is 6.55 Å². The smallest absolute Gasteiger partial charge is 0.169 e. The molecule has 3 heteroatoms. The second kappa shape index (κ2) is 6.85. The molecule has 2 rings (SSSR count). The van der Waals surface area contributed by atoms with Gasteiger partial charge in [-0.1, -0.05) is 72.1 Å². The summed E-state index contributed by atoms with van der Waals surface area (Å²) in [6, 6.07) is 21.7. The van der Waals surface area contributed by atoms with Gasteiger partial charge in [0.25, 0.3) is 0 Å². The zero-order chi connectivity index (χ0) is 15.3. The van der Waals surface area contributed by atoms with Crippen molar-refractivity contribution in [2.45, 2.75) is 6.55 Å². The van der Waals surface area contributed by atoms with Gasteiger partial charge in [-0.3, -0.25) is 0 Å². The molecule has 1 nitrogen and oxygen atoms in total. The minimum atomic E-state index is -1.81. The average Bonchev–Trinajstić information content (AvgIpc) is 2.56.